The van der Waals surface area contributed by atoms with Gasteiger partial charge in [0.05, 0.1) is 23.3 Å². The molecule has 5 atom stereocenters. The topological polar surface area (TPSA) is 136 Å². The van der Waals surface area contributed by atoms with E-state index in [0.717, 1.165) is 61.0 Å². The zero-order chi connectivity index (χ0) is 38.1. The number of benzene rings is 2. The van der Waals surface area contributed by atoms with Crippen LogP contribution < -0.4 is 10.6 Å². The van der Waals surface area contributed by atoms with Crippen LogP contribution in [0.25, 0.3) is 0 Å². The molecule has 1 saturated carbocycles. The van der Waals surface area contributed by atoms with Crippen LogP contribution in [-0.4, -0.2) is 75.2 Å². The van der Waals surface area contributed by atoms with Crippen molar-refractivity contribution in [1.29, 1.82) is 0 Å². The van der Waals surface area contributed by atoms with Gasteiger partial charge in [0.1, 0.15) is 12.1 Å². The summed E-state index contributed by atoms with van der Waals surface area (Å²) in [5.41, 5.74) is 2.25. The molecular weight excluding hydrogens is 668 g/mol. The molecule has 0 aromatic heterocycles. The van der Waals surface area contributed by atoms with Crippen molar-refractivity contribution in [2.75, 3.05) is 6.54 Å². The molecule has 2 aromatic carbocycles. The lowest BCUT2D eigenvalue weighted by Gasteiger charge is -2.37. The van der Waals surface area contributed by atoms with Gasteiger partial charge >= 0.3 is 0 Å². The van der Waals surface area contributed by atoms with Crippen LogP contribution in [0.5, 0.6) is 0 Å². The number of imide groups is 1. The first-order chi connectivity index (χ1) is 25.5. The Labute approximate surface area is 315 Å². The Morgan fingerprint density at radius 3 is 2.09 bits per heavy atom. The Kier molecular flexibility index (Phi) is 14.3. The highest BCUT2D eigenvalue weighted by Gasteiger charge is 2.47. The number of carbonyl (C=O) groups excluding carboxylic acids is 5. The van der Waals surface area contributed by atoms with Crippen LogP contribution in [0.3, 0.4) is 0 Å². The van der Waals surface area contributed by atoms with Crippen molar-refractivity contribution in [2.45, 2.75) is 142 Å². The maximum absolute atomic E-state index is 14.8. The molecular formula is C43H60N4O6. The van der Waals surface area contributed by atoms with E-state index >= 15 is 0 Å². The maximum Gasteiger partial charge on any atom is 0.262 e. The molecule has 2 aliphatic heterocycles. The van der Waals surface area contributed by atoms with Crippen LogP contribution in [0.1, 0.15) is 137 Å². The van der Waals surface area contributed by atoms with Gasteiger partial charge in [-0.1, -0.05) is 115 Å². The average Bonchev–Trinajstić information content (AvgIpc) is 3.31. The normalized spacial score (nSPS) is 20.0. The summed E-state index contributed by atoms with van der Waals surface area (Å²) in [6.07, 6.45) is 9.11. The minimum atomic E-state index is -1.12. The molecule has 3 N–H and O–H groups in total. The first kappa shape index (κ1) is 40.1. The summed E-state index contributed by atoms with van der Waals surface area (Å²) in [6.45, 7) is 8.82. The minimum absolute atomic E-state index is 0.0107. The summed E-state index contributed by atoms with van der Waals surface area (Å²) < 4.78 is 0. The number of aliphatic hydroxyl groups excluding tert-OH is 1. The molecule has 3 aliphatic rings. The first-order valence-electron chi connectivity index (χ1n) is 20.2. The molecule has 10 nitrogen and oxygen atoms in total. The number of hydrogen-bond donors (Lipinski definition) is 3. The number of unbranched alkanes of at least 4 members (excludes halogenated alkanes) is 2. The van der Waals surface area contributed by atoms with Crippen molar-refractivity contribution in [3.63, 3.8) is 0 Å². The fraction of sp³-hybridized carbons (Fsp3) is 0.605. The molecule has 53 heavy (non-hydrogen) atoms. The number of fused-ring (bicyclic) bond motifs is 2. The second-order valence-corrected chi connectivity index (χ2v) is 15.8. The fourth-order valence-corrected chi connectivity index (χ4v) is 8.44. The summed E-state index contributed by atoms with van der Waals surface area (Å²) in [4.78, 5) is 72.9. The van der Waals surface area contributed by atoms with E-state index in [-0.39, 0.29) is 48.2 Å². The summed E-state index contributed by atoms with van der Waals surface area (Å²) in [5, 5.41) is 18.2. The van der Waals surface area contributed by atoms with Gasteiger partial charge in [0.15, 0.2) is 0 Å². The van der Waals surface area contributed by atoms with Crippen molar-refractivity contribution >= 4 is 29.5 Å². The Hall–Kier alpha value is -4.05. The van der Waals surface area contributed by atoms with Crippen LogP contribution in [0.2, 0.25) is 0 Å². The van der Waals surface area contributed by atoms with Crippen LogP contribution in [0.15, 0.2) is 48.5 Å². The lowest BCUT2D eigenvalue weighted by molar-refractivity contribution is -0.145. The molecule has 0 radical (unpaired) electrons. The van der Waals surface area contributed by atoms with Gasteiger partial charge in [-0.05, 0) is 60.8 Å². The van der Waals surface area contributed by atoms with E-state index in [0.29, 0.717) is 31.7 Å². The van der Waals surface area contributed by atoms with E-state index < -0.39 is 47.9 Å². The Morgan fingerprint density at radius 1 is 0.849 bits per heavy atom. The third kappa shape index (κ3) is 9.55. The molecule has 2 aromatic rings. The van der Waals surface area contributed by atoms with Crippen LogP contribution >= 0.6 is 0 Å². The smallest absolute Gasteiger partial charge is 0.262 e. The molecule has 0 saturated heterocycles. The highest BCUT2D eigenvalue weighted by molar-refractivity contribution is 6.23. The van der Waals surface area contributed by atoms with Crippen molar-refractivity contribution in [3.8, 4) is 0 Å². The average molecular weight is 729 g/mol. The van der Waals surface area contributed by atoms with E-state index in [4.69, 9.17) is 0 Å². The molecule has 10 heteroatoms. The zero-order valence-electron chi connectivity index (χ0n) is 32.1. The number of hydrogen-bond acceptors (Lipinski definition) is 6. The van der Waals surface area contributed by atoms with Gasteiger partial charge in [-0.25, -0.2) is 0 Å². The minimum Gasteiger partial charge on any atom is -0.391 e. The number of nitrogens with one attached hydrogen (secondary N) is 2. The van der Waals surface area contributed by atoms with Gasteiger partial charge in [0.2, 0.25) is 17.7 Å². The molecule has 0 spiro atoms. The monoisotopic (exact) mass is 728 g/mol. The third-order valence-corrected chi connectivity index (χ3v) is 11.7. The van der Waals surface area contributed by atoms with Gasteiger partial charge < -0.3 is 20.6 Å². The predicted molar refractivity (Wildman–Crippen MR) is 205 cm³/mol. The summed E-state index contributed by atoms with van der Waals surface area (Å²) in [7, 11) is 0. The van der Waals surface area contributed by atoms with Gasteiger partial charge in [-0.2, -0.15) is 0 Å². The zero-order valence-corrected chi connectivity index (χ0v) is 32.1. The number of rotatable bonds is 17. The van der Waals surface area contributed by atoms with Crippen LogP contribution in [0, 0.1) is 17.8 Å². The highest BCUT2D eigenvalue weighted by Crippen LogP contribution is 2.33. The fourth-order valence-electron chi connectivity index (χ4n) is 8.44. The molecule has 5 amide bonds. The van der Waals surface area contributed by atoms with E-state index in [1.165, 1.54) is 6.42 Å². The van der Waals surface area contributed by atoms with Crippen LogP contribution in [-0.2, 0) is 27.3 Å². The summed E-state index contributed by atoms with van der Waals surface area (Å²) in [6, 6.07) is 11.6. The molecule has 1 fully saturated rings. The predicted octanol–water partition coefficient (Wildman–Crippen LogP) is 6.19. The quantitative estimate of drug-likeness (QED) is 0.131. The standard InChI is InChI=1S/C43H60N4O6/c1-5-7-22-36(40(50)45-35(24-29-16-10-9-11-17-29)38(48)26-34(28(3)4)39(49)44-23-8-6-2)46-27-31-19-13-12-18-30(31)25-37(43(46)53)47-41(51)32-20-14-15-21-33(32)42(47)52/h12-15,18-21,28-29,34-38,48H,5-11,16-17,22-27H2,1-4H3,(H,44,49)(H,45,50)/t34-,35+,36+,37+,38+/m1/s1. The lowest BCUT2D eigenvalue weighted by atomic mass is 9.81. The lowest BCUT2D eigenvalue weighted by Crippen LogP contribution is -2.58. The van der Waals surface area contributed by atoms with E-state index in [1.54, 1.807) is 29.2 Å². The van der Waals surface area contributed by atoms with Crippen molar-refractivity contribution < 1.29 is 29.1 Å². The second-order valence-electron chi connectivity index (χ2n) is 15.8. The van der Waals surface area contributed by atoms with Gasteiger partial charge in [0, 0.05) is 25.4 Å². The summed E-state index contributed by atoms with van der Waals surface area (Å²) >= 11 is 0. The SMILES string of the molecule is CCCCNC(=O)[C@H](C[C@H](O)[C@H](CC1CCCCC1)NC(=O)[C@H](CCCC)N1Cc2ccccc2C[C@H](N2C(=O)c3ccccc3C2=O)C1=O)C(C)C. The number of amides is 5. The Morgan fingerprint density at radius 2 is 1.47 bits per heavy atom. The van der Waals surface area contributed by atoms with Gasteiger partial charge in [0.25, 0.3) is 11.8 Å². The van der Waals surface area contributed by atoms with Crippen molar-refractivity contribution in [2.24, 2.45) is 17.8 Å². The molecule has 288 valence electrons. The first-order valence-corrected chi connectivity index (χ1v) is 20.2. The van der Waals surface area contributed by atoms with E-state index in [1.807, 2.05) is 45.0 Å². The van der Waals surface area contributed by atoms with Crippen molar-refractivity contribution in [3.05, 3.63) is 70.8 Å². The van der Waals surface area contributed by atoms with E-state index in [9.17, 15) is 29.1 Å². The number of nitrogens with zero attached hydrogens (tertiary/aromatic N) is 2. The number of aliphatic hydroxyl groups is 1. The van der Waals surface area contributed by atoms with E-state index in [2.05, 4.69) is 17.6 Å². The maximum atomic E-state index is 14.8. The Balaban J connectivity index is 1.45. The largest absolute Gasteiger partial charge is 0.391 e. The van der Waals surface area contributed by atoms with Gasteiger partial charge in [-0.15, -0.1) is 0 Å². The molecule has 1 aliphatic carbocycles. The van der Waals surface area contributed by atoms with Crippen LogP contribution in [0.4, 0.5) is 0 Å². The summed E-state index contributed by atoms with van der Waals surface area (Å²) in [5.74, 6) is -2.00. The number of carbonyl (C=O) groups is 5. The third-order valence-electron chi connectivity index (χ3n) is 11.7. The molecule has 2 heterocycles. The molecule has 0 bridgehead atoms. The Bertz CT molecular complexity index is 1570. The van der Waals surface area contributed by atoms with Gasteiger partial charge in [-0.3, -0.25) is 28.9 Å². The second kappa shape index (κ2) is 18.8. The van der Waals surface area contributed by atoms with Crippen molar-refractivity contribution in [1.82, 2.24) is 20.4 Å². The molecule has 0 unspecified atom stereocenters. The highest BCUT2D eigenvalue weighted by atomic mass is 16.3. The molecule has 5 rings (SSSR count).